The molecule has 170 valence electrons. The van der Waals surface area contributed by atoms with E-state index in [1.54, 1.807) is 0 Å². The fraction of sp³-hybridized carbons (Fsp3) is 0.480. The van der Waals surface area contributed by atoms with E-state index < -0.39 is 0 Å². The zero-order chi connectivity index (χ0) is 21.2. The Bertz CT molecular complexity index is 797. The van der Waals surface area contributed by atoms with Gasteiger partial charge in [0.1, 0.15) is 0 Å². The Morgan fingerprint density at radius 3 is 2.52 bits per heavy atom. The maximum Gasteiger partial charge on any atom is 0.194 e. The Hall–Kier alpha value is -1.64. The molecule has 2 aromatic carbocycles. The van der Waals surface area contributed by atoms with Crippen molar-refractivity contribution in [3.63, 3.8) is 0 Å². The van der Waals surface area contributed by atoms with Gasteiger partial charge in [-0.1, -0.05) is 54.6 Å². The third-order valence-corrected chi connectivity index (χ3v) is 5.39. The smallest absolute Gasteiger partial charge is 0.194 e. The Morgan fingerprint density at radius 1 is 1.10 bits per heavy atom. The van der Waals surface area contributed by atoms with Gasteiger partial charge in [0.15, 0.2) is 5.96 Å². The minimum absolute atomic E-state index is 0. The van der Waals surface area contributed by atoms with Crippen LogP contribution in [0.4, 0.5) is 0 Å². The van der Waals surface area contributed by atoms with E-state index >= 15 is 0 Å². The lowest BCUT2D eigenvalue weighted by Gasteiger charge is -2.22. The lowest BCUT2D eigenvalue weighted by Crippen LogP contribution is -2.40. The van der Waals surface area contributed by atoms with Crippen LogP contribution in [0.2, 0.25) is 0 Å². The molecular weight excluding hydrogens is 499 g/mol. The van der Waals surface area contributed by atoms with E-state index in [1.807, 2.05) is 6.07 Å². The van der Waals surface area contributed by atoms with Gasteiger partial charge in [-0.05, 0) is 44.1 Å². The van der Waals surface area contributed by atoms with Crippen molar-refractivity contribution in [3.8, 4) is 0 Å². The first-order valence-electron chi connectivity index (χ1n) is 11.0. The lowest BCUT2D eigenvalue weighted by atomic mass is 10.1. The highest BCUT2D eigenvalue weighted by Crippen LogP contribution is 2.18. The number of halogens is 1. The predicted octanol–water partition coefficient (Wildman–Crippen LogP) is 4.37. The summed E-state index contributed by atoms with van der Waals surface area (Å²) in [6, 6.07) is 19.0. The van der Waals surface area contributed by atoms with Crippen LogP contribution >= 0.6 is 24.0 Å². The molecule has 5 nitrogen and oxygen atoms in total. The Kier molecular flexibility index (Phi) is 11.3. The minimum atomic E-state index is 0. The molecule has 1 heterocycles. The van der Waals surface area contributed by atoms with Gasteiger partial charge in [0.25, 0.3) is 0 Å². The van der Waals surface area contributed by atoms with Gasteiger partial charge in [0.2, 0.25) is 0 Å². The molecule has 1 fully saturated rings. The molecule has 6 heteroatoms. The summed E-state index contributed by atoms with van der Waals surface area (Å²) in [5, 5.41) is 3.48. The number of guanidine groups is 1. The first kappa shape index (κ1) is 25.6. The van der Waals surface area contributed by atoms with Crippen molar-refractivity contribution in [1.82, 2.24) is 15.1 Å². The number of hydrogen-bond acceptors (Lipinski definition) is 3. The van der Waals surface area contributed by atoms with Gasteiger partial charge in [-0.3, -0.25) is 0 Å². The summed E-state index contributed by atoms with van der Waals surface area (Å²) in [5.41, 5.74) is 3.87. The molecule has 1 N–H and O–H groups in total. The molecule has 1 aliphatic heterocycles. The van der Waals surface area contributed by atoms with Crippen LogP contribution in [0.15, 0.2) is 59.6 Å². The second-order valence-electron chi connectivity index (χ2n) is 8.28. The molecule has 0 aliphatic carbocycles. The second kappa shape index (κ2) is 13.7. The van der Waals surface area contributed by atoms with Crippen LogP contribution in [0, 0.1) is 5.92 Å². The molecule has 0 spiro atoms. The summed E-state index contributed by atoms with van der Waals surface area (Å²) in [4.78, 5) is 9.55. The van der Waals surface area contributed by atoms with Crippen LogP contribution in [0.1, 0.15) is 30.0 Å². The van der Waals surface area contributed by atoms with Crippen molar-refractivity contribution >= 4 is 29.9 Å². The summed E-state index contributed by atoms with van der Waals surface area (Å²) in [6.45, 7) is 8.18. The molecule has 31 heavy (non-hydrogen) atoms. The largest absolute Gasteiger partial charge is 0.376 e. The fourth-order valence-electron chi connectivity index (χ4n) is 3.87. The van der Waals surface area contributed by atoms with E-state index in [1.165, 1.54) is 16.7 Å². The Morgan fingerprint density at radius 2 is 1.81 bits per heavy atom. The number of nitrogens with zero attached hydrogens (tertiary/aromatic N) is 3. The number of ether oxygens (including phenoxy) is 1. The molecule has 1 atom stereocenters. The maximum absolute atomic E-state index is 5.98. The fourth-order valence-corrected chi connectivity index (χ4v) is 3.87. The average Bonchev–Trinajstić information content (AvgIpc) is 3.21. The monoisotopic (exact) mass is 536 g/mol. The molecule has 0 aromatic heterocycles. The molecule has 0 radical (unpaired) electrons. The van der Waals surface area contributed by atoms with Gasteiger partial charge < -0.3 is 19.9 Å². The van der Waals surface area contributed by atoms with E-state index in [-0.39, 0.29) is 24.0 Å². The van der Waals surface area contributed by atoms with Crippen LogP contribution in [0.25, 0.3) is 0 Å². The number of aliphatic imine (C=N–C) groups is 1. The lowest BCUT2D eigenvalue weighted by molar-refractivity contribution is 0.0906. The summed E-state index contributed by atoms with van der Waals surface area (Å²) in [7, 11) is 4.21. The van der Waals surface area contributed by atoms with Crippen LogP contribution in [-0.4, -0.2) is 56.1 Å². The number of rotatable bonds is 9. The highest BCUT2D eigenvalue weighted by molar-refractivity contribution is 14.0. The molecule has 0 saturated carbocycles. The van der Waals surface area contributed by atoms with E-state index in [4.69, 9.17) is 9.73 Å². The van der Waals surface area contributed by atoms with Crippen molar-refractivity contribution in [2.75, 3.05) is 40.3 Å². The zero-order valence-electron chi connectivity index (χ0n) is 19.1. The van der Waals surface area contributed by atoms with Crippen LogP contribution in [0.3, 0.4) is 0 Å². The summed E-state index contributed by atoms with van der Waals surface area (Å²) in [6.07, 6.45) is 1.15. The highest BCUT2D eigenvalue weighted by atomic mass is 127. The first-order chi connectivity index (χ1) is 14.7. The standard InChI is InChI=1S/C25H36N4O.HI/c1-4-26-25(27-16-23-12-8-9-13-24(23)18-28(2)3)29-15-14-22(17-29)20-30-19-21-10-6-5-7-11-21;/h5-13,22H,4,14-20H2,1-3H3,(H,26,27);1H. The maximum atomic E-state index is 5.98. The summed E-state index contributed by atoms with van der Waals surface area (Å²) < 4.78 is 5.98. The predicted molar refractivity (Wildman–Crippen MR) is 140 cm³/mol. The second-order valence-corrected chi connectivity index (χ2v) is 8.28. The van der Waals surface area contributed by atoms with Gasteiger partial charge in [-0.2, -0.15) is 0 Å². The van der Waals surface area contributed by atoms with Gasteiger partial charge >= 0.3 is 0 Å². The van der Waals surface area contributed by atoms with E-state index in [0.29, 0.717) is 19.1 Å². The van der Waals surface area contributed by atoms with E-state index in [2.05, 4.69) is 84.7 Å². The molecular formula is C25H37IN4O. The zero-order valence-corrected chi connectivity index (χ0v) is 21.4. The van der Waals surface area contributed by atoms with Crippen molar-refractivity contribution < 1.29 is 4.74 Å². The third-order valence-electron chi connectivity index (χ3n) is 5.39. The Labute approximate surface area is 204 Å². The Balaban J connectivity index is 0.00000341. The van der Waals surface area contributed by atoms with Gasteiger partial charge in [-0.25, -0.2) is 4.99 Å². The van der Waals surface area contributed by atoms with E-state index in [0.717, 1.165) is 45.2 Å². The van der Waals surface area contributed by atoms with Crippen LogP contribution in [0.5, 0.6) is 0 Å². The summed E-state index contributed by atoms with van der Waals surface area (Å²) >= 11 is 0. The number of nitrogens with one attached hydrogen (secondary N) is 1. The molecule has 1 saturated heterocycles. The molecule has 0 bridgehead atoms. The molecule has 1 aliphatic rings. The number of likely N-dealkylation sites (tertiary alicyclic amines) is 1. The van der Waals surface area contributed by atoms with E-state index in [9.17, 15) is 0 Å². The van der Waals surface area contributed by atoms with Crippen molar-refractivity contribution in [2.24, 2.45) is 10.9 Å². The normalized spacial score (nSPS) is 16.5. The molecule has 1 unspecified atom stereocenters. The molecule has 2 aromatic rings. The quantitative estimate of drug-likeness (QED) is 0.294. The SMILES string of the molecule is CCNC(=NCc1ccccc1CN(C)C)N1CCC(COCc2ccccc2)C1.I. The van der Waals surface area contributed by atoms with Crippen molar-refractivity contribution in [2.45, 2.75) is 33.0 Å². The molecule has 3 rings (SSSR count). The average molecular weight is 537 g/mol. The first-order valence-corrected chi connectivity index (χ1v) is 11.0. The third kappa shape index (κ3) is 8.43. The number of benzene rings is 2. The summed E-state index contributed by atoms with van der Waals surface area (Å²) in [5.74, 6) is 1.57. The highest BCUT2D eigenvalue weighted by Gasteiger charge is 2.25. The topological polar surface area (TPSA) is 40.1 Å². The van der Waals surface area contributed by atoms with Crippen LogP contribution in [-0.2, 0) is 24.4 Å². The molecule has 0 amide bonds. The van der Waals surface area contributed by atoms with Gasteiger partial charge in [0.05, 0.1) is 19.8 Å². The van der Waals surface area contributed by atoms with Crippen LogP contribution < -0.4 is 5.32 Å². The van der Waals surface area contributed by atoms with Crippen molar-refractivity contribution in [3.05, 3.63) is 71.3 Å². The van der Waals surface area contributed by atoms with Gasteiger partial charge in [-0.15, -0.1) is 24.0 Å². The number of hydrogen-bond donors (Lipinski definition) is 1. The minimum Gasteiger partial charge on any atom is -0.376 e. The van der Waals surface area contributed by atoms with Gasteiger partial charge in [0, 0.05) is 32.1 Å². The van der Waals surface area contributed by atoms with Crippen molar-refractivity contribution in [1.29, 1.82) is 0 Å².